The number of hydrogen-bond donors (Lipinski definition) is 0. The van der Waals surface area contributed by atoms with Gasteiger partial charge in [0.15, 0.2) is 0 Å². The monoisotopic (exact) mass is 337 g/mol. The average molecular weight is 338 g/mol. The van der Waals surface area contributed by atoms with E-state index in [1.165, 1.54) is 0 Å². The SMILES string of the molecule is C=Cc1cc([C@H]2COC(C)(C)N2C(=O)OC(C)(C)C)ccc1Cl. The number of rotatable bonds is 2. The lowest BCUT2D eigenvalue weighted by Gasteiger charge is -2.35. The molecule has 0 unspecified atom stereocenters. The summed E-state index contributed by atoms with van der Waals surface area (Å²) >= 11 is 6.14. The Labute approximate surface area is 143 Å². The Morgan fingerprint density at radius 2 is 2.13 bits per heavy atom. The molecule has 1 aliphatic heterocycles. The van der Waals surface area contributed by atoms with Crippen molar-refractivity contribution >= 4 is 23.8 Å². The van der Waals surface area contributed by atoms with Crippen molar-refractivity contribution in [2.45, 2.75) is 52.0 Å². The number of halogens is 1. The highest BCUT2D eigenvalue weighted by Gasteiger charge is 2.46. The summed E-state index contributed by atoms with van der Waals surface area (Å²) in [7, 11) is 0. The summed E-state index contributed by atoms with van der Waals surface area (Å²) in [5.41, 5.74) is 0.479. The minimum absolute atomic E-state index is 0.226. The Hall–Kier alpha value is -1.52. The van der Waals surface area contributed by atoms with E-state index in [4.69, 9.17) is 21.1 Å². The fourth-order valence-electron chi connectivity index (χ4n) is 2.63. The van der Waals surface area contributed by atoms with Gasteiger partial charge in [-0.1, -0.05) is 30.3 Å². The molecular weight excluding hydrogens is 314 g/mol. The molecule has 1 atom stereocenters. The van der Waals surface area contributed by atoms with Crippen LogP contribution < -0.4 is 0 Å². The first-order chi connectivity index (χ1) is 10.5. The van der Waals surface area contributed by atoms with Crippen molar-refractivity contribution in [1.82, 2.24) is 4.90 Å². The van der Waals surface area contributed by atoms with Gasteiger partial charge in [0.1, 0.15) is 11.3 Å². The van der Waals surface area contributed by atoms with Gasteiger partial charge in [0.25, 0.3) is 0 Å². The first-order valence-corrected chi connectivity index (χ1v) is 8.01. The van der Waals surface area contributed by atoms with Gasteiger partial charge in [-0.3, -0.25) is 4.90 Å². The number of hydrogen-bond acceptors (Lipinski definition) is 3. The Kier molecular flexibility index (Phi) is 4.79. The van der Waals surface area contributed by atoms with Crippen molar-refractivity contribution in [3.63, 3.8) is 0 Å². The highest BCUT2D eigenvalue weighted by molar-refractivity contribution is 6.32. The van der Waals surface area contributed by atoms with Gasteiger partial charge in [0.2, 0.25) is 0 Å². The molecule has 0 N–H and O–H groups in total. The van der Waals surface area contributed by atoms with Gasteiger partial charge < -0.3 is 9.47 Å². The van der Waals surface area contributed by atoms with Crippen LogP contribution in [0.4, 0.5) is 4.79 Å². The number of nitrogens with zero attached hydrogens (tertiary/aromatic N) is 1. The van der Waals surface area contributed by atoms with Crippen molar-refractivity contribution < 1.29 is 14.3 Å². The van der Waals surface area contributed by atoms with Crippen LogP contribution in [0.25, 0.3) is 6.08 Å². The molecule has 1 aromatic carbocycles. The zero-order valence-corrected chi connectivity index (χ0v) is 15.1. The molecular formula is C18H24ClNO3. The van der Waals surface area contributed by atoms with Crippen LogP contribution in [0, 0.1) is 0 Å². The third kappa shape index (κ3) is 3.88. The van der Waals surface area contributed by atoms with Gasteiger partial charge in [0, 0.05) is 5.02 Å². The standard InChI is InChI=1S/C18H24ClNO3/c1-7-12-10-13(8-9-14(12)19)15-11-22-18(5,6)20(15)16(21)23-17(2,3)4/h7-10,15H,1,11H2,2-6H3/t15-/m1/s1. The first-order valence-electron chi connectivity index (χ1n) is 7.63. The highest BCUT2D eigenvalue weighted by Crippen LogP contribution is 2.38. The summed E-state index contributed by atoms with van der Waals surface area (Å²) in [6.07, 6.45) is 1.31. The molecule has 23 heavy (non-hydrogen) atoms. The van der Waals surface area contributed by atoms with Crippen LogP contribution in [0.3, 0.4) is 0 Å². The van der Waals surface area contributed by atoms with Crippen molar-refractivity contribution in [1.29, 1.82) is 0 Å². The maximum Gasteiger partial charge on any atom is 0.413 e. The molecule has 0 saturated carbocycles. The zero-order chi connectivity index (χ0) is 17.4. The third-order valence-electron chi connectivity index (χ3n) is 3.70. The van der Waals surface area contributed by atoms with Crippen LogP contribution in [0.5, 0.6) is 0 Å². The van der Waals surface area contributed by atoms with E-state index >= 15 is 0 Å². The van der Waals surface area contributed by atoms with Crippen molar-refractivity contribution in [3.05, 3.63) is 40.9 Å². The van der Waals surface area contributed by atoms with E-state index in [2.05, 4.69) is 6.58 Å². The lowest BCUT2D eigenvalue weighted by atomic mass is 10.0. The van der Waals surface area contributed by atoms with Crippen LogP contribution in [-0.4, -0.2) is 28.9 Å². The topological polar surface area (TPSA) is 38.8 Å². The predicted octanol–water partition coefficient (Wildman–Crippen LogP) is 5.03. The van der Waals surface area contributed by atoms with E-state index in [0.717, 1.165) is 11.1 Å². The van der Waals surface area contributed by atoms with Gasteiger partial charge in [-0.05, 0) is 57.9 Å². The quantitative estimate of drug-likeness (QED) is 0.760. The number of ether oxygens (including phenoxy) is 2. The molecule has 1 aliphatic rings. The van der Waals surface area contributed by atoms with Gasteiger partial charge >= 0.3 is 6.09 Å². The van der Waals surface area contributed by atoms with Crippen molar-refractivity contribution in [2.75, 3.05) is 6.61 Å². The van der Waals surface area contributed by atoms with Gasteiger partial charge in [0.05, 0.1) is 12.6 Å². The van der Waals surface area contributed by atoms with Crippen LogP contribution >= 0.6 is 11.6 Å². The van der Waals surface area contributed by atoms with E-state index in [0.29, 0.717) is 11.6 Å². The van der Waals surface area contributed by atoms with E-state index in [-0.39, 0.29) is 12.1 Å². The molecule has 0 spiro atoms. The minimum Gasteiger partial charge on any atom is -0.444 e. The van der Waals surface area contributed by atoms with Gasteiger partial charge in [-0.15, -0.1) is 0 Å². The van der Waals surface area contributed by atoms with E-state index in [1.807, 2.05) is 52.8 Å². The average Bonchev–Trinajstić information content (AvgIpc) is 2.73. The summed E-state index contributed by atoms with van der Waals surface area (Å²) in [4.78, 5) is 14.3. The molecule has 1 aromatic rings. The second-order valence-corrected chi connectivity index (χ2v) is 7.52. The fourth-order valence-corrected chi connectivity index (χ4v) is 2.83. The molecule has 0 radical (unpaired) electrons. The van der Waals surface area contributed by atoms with Crippen LogP contribution in [0.15, 0.2) is 24.8 Å². The van der Waals surface area contributed by atoms with Crippen molar-refractivity contribution in [3.8, 4) is 0 Å². The molecule has 2 rings (SSSR count). The normalized spacial score (nSPS) is 20.4. The van der Waals surface area contributed by atoms with Gasteiger partial charge in [-0.25, -0.2) is 4.79 Å². The lowest BCUT2D eigenvalue weighted by Crippen LogP contribution is -2.47. The molecule has 126 valence electrons. The molecule has 4 nitrogen and oxygen atoms in total. The van der Waals surface area contributed by atoms with Crippen LogP contribution in [0.2, 0.25) is 5.02 Å². The van der Waals surface area contributed by atoms with Crippen molar-refractivity contribution in [2.24, 2.45) is 0 Å². The first kappa shape index (κ1) is 17.8. The van der Waals surface area contributed by atoms with E-state index in [9.17, 15) is 4.79 Å². The molecule has 0 aliphatic carbocycles. The smallest absolute Gasteiger partial charge is 0.413 e. The molecule has 1 fully saturated rings. The number of carbonyl (C=O) groups excluding carboxylic acids is 1. The summed E-state index contributed by atoms with van der Waals surface area (Å²) < 4.78 is 11.4. The molecule has 1 amide bonds. The second-order valence-electron chi connectivity index (χ2n) is 7.11. The highest BCUT2D eigenvalue weighted by atomic mass is 35.5. The molecule has 5 heteroatoms. The van der Waals surface area contributed by atoms with Gasteiger partial charge in [-0.2, -0.15) is 0 Å². The number of amides is 1. The fraction of sp³-hybridized carbons (Fsp3) is 0.500. The molecule has 0 bridgehead atoms. The predicted molar refractivity (Wildman–Crippen MR) is 92.4 cm³/mol. The third-order valence-corrected chi connectivity index (χ3v) is 4.05. The molecule has 1 heterocycles. The minimum atomic E-state index is -0.735. The van der Waals surface area contributed by atoms with Crippen LogP contribution in [0.1, 0.15) is 51.8 Å². The molecule has 0 aromatic heterocycles. The summed E-state index contributed by atoms with van der Waals surface area (Å²) in [6, 6.07) is 5.42. The Bertz CT molecular complexity index is 619. The Morgan fingerprint density at radius 3 is 2.70 bits per heavy atom. The lowest BCUT2D eigenvalue weighted by molar-refractivity contribution is -0.0626. The Balaban J connectivity index is 2.37. The summed E-state index contributed by atoms with van der Waals surface area (Å²) in [5, 5.41) is 0.630. The maximum absolute atomic E-state index is 12.7. The van der Waals surface area contributed by atoms with Crippen LogP contribution in [-0.2, 0) is 9.47 Å². The summed E-state index contributed by atoms with van der Waals surface area (Å²) in [5.74, 6) is 0. The second kappa shape index (κ2) is 6.17. The number of benzene rings is 1. The van der Waals surface area contributed by atoms with E-state index in [1.54, 1.807) is 11.0 Å². The van der Waals surface area contributed by atoms with E-state index < -0.39 is 11.3 Å². The Morgan fingerprint density at radius 1 is 1.48 bits per heavy atom. The largest absolute Gasteiger partial charge is 0.444 e. The summed E-state index contributed by atoms with van der Waals surface area (Å²) in [6.45, 7) is 13.4. The maximum atomic E-state index is 12.7. The molecule has 1 saturated heterocycles. The number of carbonyl (C=O) groups is 1. The zero-order valence-electron chi connectivity index (χ0n) is 14.4.